The summed E-state index contributed by atoms with van der Waals surface area (Å²) in [5, 5.41) is 6.57. The Labute approximate surface area is 110 Å². The van der Waals surface area contributed by atoms with Crippen molar-refractivity contribution in [1.29, 1.82) is 0 Å². The average Bonchev–Trinajstić information content (AvgIpc) is 3.05. The first kappa shape index (κ1) is 11.9. The molecule has 1 aliphatic heterocycles. The molecule has 1 aliphatic rings. The predicted octanol–water partition coefficient (Wildman–Crippen LogP) is 3.36. The Morgan fingerprint density at radius 1 is 1.50 bits per heavy atom. The van der Waals surface area contributed by atoms with Gasteiger partial charge in [-0.2, -0.15) is 0 Å². The zero-order valence-corrected chi connectivity index (χ0v) is 11.3. The van der Waals surface area contributed by atoms with Gasteiger partial charge in [0.15, 0.2) is 5.82 Å². The van der Waals surface area contributed by atoms with Crippen molar-refractivity contribution in [3.63, 3.8) is 0 Å². The van der Waals surface area contributed by atoms with Gasteiger partial charge in [0.25, 0.3) is 0 Å². The first-order chi connectivity index (χ1) is 8.88. The zero-order valence-electron chi connectivity index (χ0n) is 10.5. The Bertz CT molecular complexity index is 534. The van der Waals surface area contributed by atoms with Gasteiger partial charge in [0, 0.05) is 13.2 Å². The number of aromatic nitrogens is 2. The van der Waals surface area contributed by atoms with Crippen LogP contribution in [0.1, 0.15) is 38.1 Å². The number of hydrogen-bond donors (Lipinski definition) is 1. The number of hydrogen-bond acceptors (Lipinski definition) is 5. The third-order valence-electron chi connectivity index (χ3n) is 3.10. The SMILES string of the molecule is CCCNc1nc(C2CCCO2)nc2sccc12. The summed E-state index contributed by atoms with van der Waals surface area (Å²) in [6.45, 7) is 3.92. The van der Waals surface area contributed by atoms with E-state index in [1.54, 1.807) is 11.3 Å². The quantitative estimate of drug-likeness (QED) is 0.918. The van der Waals surface area contributed by atoms with Crippen molar-refractivity contribution in [2.45, 2.75) is 32.3 Å². The monoisotopic (exact) mass is 263 g/mol. The van der Waals surface area contributed by atoms with E-state index in [1.165, 1.54) is 0 Å². The van der Waals surface area contributed by atoms with Gasteiger partial charge in [0.1, 0.15) is 16.8 Å². The van der Waals surface area contributed by atoms with E-state index in [0.29, 0.717) is 0 Å². The molecule has 96 valence electrons. The Balaban J connectivity index is 1.99. The van der Waals surface area contributed by atoms with E-state index in [2.05, 4.69) is 33.7 Å². The summed E-state index contributed by atoms with van der Waals surface area (Å²) in [5.74, 6) is 1.79. The Hall–Kier alpha value is -1.20. The van der Waals surface area contributed by atoms with Crippen LogP contribution < -0.4 is 5.32 Å². The van der Waals surface area contributed by atoms with Gasteiger partial charge in [0.05, 0.1) is 5.39 Å². The van der Waals surface area contributed by atoms with Crippen LogP contribution in [0.4, 0.5) is 5.82 Å². The number of ether oxygens (including phenoxy) is 1. The highest BCUT2D eigenvalue weighted by atomic mass is 32.1. The highest BCUT2D eigenvalue weighted by molar-refractivity contribution is 7.16. The van der Waals surface area contributed by atoms with Crippen LogP contribution in [-0.2, 0) is 4.74 Å². The molecule has 4 nitrogen and oxygen atoms in total. The van der Waals surface area contributed by atoms with E-state index < -0.39 is 0 Å². The smallest absolute Gasteiger partial charge is 0.161 e. The number of rotatable bonds is 4. The van der Waals surface area contributed by atoms with Crippen molar-refractivity contribution in [1.82, 2.24) is 9.97 Å². The first-order valence-corrected chi connectivity index (χ1v) is 7.37. The highest BCUT2D eigenvalue weighted by Crippen LogP contribution is 2.31. The van der Waals surface area contributed by atoms with Crippen molar-refractivity contribution in [2.75, 3.05) is 18.5 Å². The van der Waals surface area contributed by atoms with E-state index in [-0.39, 0.29) is 6.10 Å². The molecule has 0 bridgehead atoms. The van der Waals surface area contributed by atoms with Crippen LogP contribution >= 0.6 is 11.3 Å². The molecular weight excluding hydrogens is 246 g/mol. The van der Waals surface area contributed by atoms with Crippen molar-refractivity contribution in [2.24, 2.45) is 0 Å². The molecule has 1 saturated heterocycles. The van der Waals surface area contributed by atoms with Gasteiger partial charge in [-0.05, 0) is 30.7 Å². The molecule has 0 spiro atoms. The summed E-state index contributed by atoms with van der Waals surface area (Å²) in [7, 11) is 0. The number of thiophene rings is 1. The maximum Gasteiger partial charge on any atom is 0.161 e. The number of anilines is 1. The lowest BCUT2D eigenvalue weighted by molar-refractivity contribution is 0.105. The molecule has 3 heterocycles. The number of nitrogens with zero attached hydrogens (tertiary/aromatic N) is 2. The number of fused-ring (bicyclic) bond motifs is 1. The molecule has 2 aromatic heterocycles. The van der Waals surface area contributed by atoms with E-state index >= 15 is 0 Å². The minimum atomic E-state index is 0.0821. The second-order valence-electron chi connectivity index (χ2n) is 4.50. The minimum absolute atomic E-state index is 0.0821. The number of nitrogens with one attached hydrogen (secondary N) is 1. The fourth-order valence-electron chi connectivity index (χ4n) is 2.18. The third-order valence-corrected chi connectivity index (χ3v) is 3.91. The molecule has 18 heavy (non-hydrogen) atoms. The van der Waals surface area contributed by atoms with Crippen molar-refractivity contribution in [3.8, 4) is 0 Å². The van der Waals surface area contributed by atoms with E-state index in [1.807, 2.05) is 0 Å². The van der Waals surface area contributed by atoms with E-state index in [0.717, 1.165) is 54.3 Å². The van der Waals surface area contributed by atoms with Crippen LogP contribution in [0, 0.1) is 0 Å². The summed E-state index contributed by atoms with van der Waals surface area (Å²) in [5.41, 5.74) is 0. The summed E-state index contributed by atoms with van der Waals surface area (Å²) >= 11 is 1.66. The Morgan fingerprint density at radius 2 is 2.44 bits per heavy atom. The van der Waals surface area contributed by atoms with Crippen LogP contribution in [0.2, 0.25) is 0 Å². The lowest BCUT2D eigenvalue weighted by Crippen LogP contribution is -2.08. The fraction of sp³-hybridized carbons (Fsp3) is 0.538. The Kier molecular flexibility index (Phi) is 3.43. The second kappa shape index (κ2) is 5.20. The molecular formula is C13H17N3OS. The van der Waals surface area contributed by atoms with Gasteiger partial charge in [-0.15, -0.1) is 11.3 Å². The van der Waals surface area contributed by atoms with E-state index in [4.69, 9.17) is 4.74 Å². The summed E-state index contributed by atoms with van der Waals surface area (Å²) in [6.07, 6.45) is 3.31. The maximum atomic E-state index is 5.68. The van der Waals surface area contributed by atoms with Gasteiger partial charge >= 0.3 is 0 Å². The lowest BCUT2D eigenvalue weighted by atomic mass is 10.2. The van der Waals surface area contributed by atoms with Crippen LogP contribution in [0.3, 0.4) is 0 Å². The first-order valence-electron chi connectivity index (χ1n) is 6.49. The molecule has 0 aromatic carbocycles. The summed E-state index contributed by atoms with van der Waals surface area (Å²) in [4.78, 5) is 10.3. The van der Waals surface area contributed by atoms with Gasteiger partial charge in [-0.3, -0.25) is 0 Å². The van der Waals surface area contributed by atoms with E-state index in [9.17, 15) is 0 Å². The molecule has 1 atom stereocenters. The van der Waals surface area contributed by atoms with Gasteiger partial charge in [-0.1, -0.05) is 6.92 Å². The molecule has 0 aliphatic carbocycles. The average molecular weight is 263 g/mol. The van der Waals surface area contributed by atoms with Crippen LogP contribution in [0.15, 0.2) is 11.4 Å². The normalized spacial score (nSPS) is 19.5. The van der Waals surface area contributed by atoms with Crippen LogP contribution in [-0.4, -0.2) is 23.1 Å². The molecule has 2 aromatic rings. The maximum absolute atomic E-state index is 5.68. The van der Waals surface area contributed by atoms with Gasteiger partial charge < -0.3 is 10.1 Å². The molecule has 0 radical (unpaired) electrons. The molecule has 1 N–H and O–H groups in total. The van der Waals surface area contributed by atoms with Crippen molar-refractivity contribution in [3.05, 3.63) is 17.3 Å². The minimum Gasteiger partial charge on any atom is -0.370 e. The molecule has 3 rings (SSSR count). The molecule has 5 heteroatoms. The van der Waals surface area contributed by atoms with Crippen molar-refractivity contribution < 1.29 is 4.74 Å². The Morgan fingerprint density at radius 3 is 3.22 bits per heavy atom. The van der Waals surface area contributed by atoms with Crippen molar-refractivity contribution >= 4 is 27.4 Å². The largest absolute Gasteiger partial charge is 0.370 e. The standard InChI is InChI=1S/C13H17N3OS/c1-2-6-14-11-9-5-8-18-13(9)16-12(15-11)10-4-3-7-17-10/h5,8,10H,2-4,6-7H2,1H3,(H,14,15,16). The van der Waals surface area contributed by atoms with Crippen LogP contribution in [0.25, 0.3) is 10.2 Å². The van der Waals surface area contributed by atoms with Gasteiger partial charge in [-0.25, -0.2) is 9.97 Å². The summed E-state index contributed by atoms with van der Waals surface area (Å²) in [6, 6.07) is 2.08. The third kappa shape index (κ3) is 2.20. The van der Waals surface area contributed by atoms with Crippen LogP contribution in [0.5, 0.6) is 0 Å². The molecule has 1 unspecified atom stereocenters. The topological polar surface area (TPSA) is 47.0 Å². The highest BCUT2D eigenvalue weighted by Gasteiger charge is 2.22. The lowest BCUT2D eigenvalue weighted by Gasteiger charge is -2.11. The second-order valence-corrected chi connectivity index (χ2v) is 5.39. The van der Waals surface area contributed by atoms with Gasteiger partial charge in [0.2, 0.25) is 0 Å². The summed E-state index contributed by atoms with van der Waals surface area (Å²) < 4.78 is 5.68. The molecule has 0 saturated carbocycles. The molecule has 1 fully saturated rings. The zero-order chi connectivity index (χ0) is 12.4. The fourth-order valence-corrected chi connectivity index (χ4v) is 2.95. The molecule has 0 amide bonds. The predicted molar refractivity (Wildman–Crippen MR) is 74.1 cm³/mol.